The summed E-state index contributed by atoms with van der Waals surface area (Å²) in [7, 11) is 0. The largest absolute Gasteiger partial charge is 0.140 e. The van der Waals surface area contributed by atoms with E-state index >= 15 is 0 Å². The Morgan fingerprint density at radius 3 is 2.93 bits per heavy atom. The van der Waals surface area contributed by atoms with Crippen molar-refractivity contribution in [1.29, 1.82) is 0 Å². The van der Waals surface area contributed by atoms with Gasteiger partial charge in [-0.1, -0.05) is 17.7 Å². The van der Waals surface area contributed by atoms with Crippen molar-refractivity contribution in [3.63, 3.8) is 0 Å². The first-order valence-electron chi connectivity index (χ1n) is 5.35. The van der Waals surface area contributed by atoms with Crippen molar-refractivity contribution in [3.8, 4) is 0 Å². The molecule has 0 bridgehead atoms. The third kappa shape index (κ3) is 1.19. The molecule has 0 amide bonds. The van der Waals surface area contributed by atoms with Crippen LogP contribution in [0.15, 0.2) is 18.2 Å². The zero-order chi connectivity index (χ0) is 9.54. The maximum absolute atomic E-state index is 2.36. The molecule has 0 spiro atoms. The minimum atomic E-state index is 1.30. The molecule has 0 saturated carbocycles. The normalized spacial score (nSPS) is 15.8. The van der Waals surface area contributed by atoms with Gasteiger partial charge in [0, 0.05) is 9.58 Å². The van der Waals surface area contributed by atoms with Gasteiger partial charge < -0.3 is 0 Å². The number of rotatable bonds is 0. The zero-order valence-electron chi connectivity index (χ0n) is 8.47. The molecule has 0 unspecified atom stereocenters. The van der Waals surface area contributed by atoms with Crippen LogP contribution in [0.4, 0.5) is 0 Å². The Kier molecular flexibility index (Phi) is 1.88. The van der Waals surface area contributed by atoms with Crippen molar-refractivity contribution in [2.45, 2.75) is 32.6 Å². The maximum atomic E-state index is 2.36. The number of benzene rings is 1. The lowest BCUT2D eigenvalue weighted by Gasteiger charge is -2.10. The van der Waals surface area contributed by atoms with Gasteiger partial charge in [-0.15, -0.1) is 11.3 Å². The van der Waals surface area contributed by atoms with E-state index in [9.17, 15) is 0 Å². The minimum absolute atomic E-state index is 1.30. The third-order valence-corrected chi connectivity index (χ3v) is 4.38. The molecular weight excluding hydrogens is 188 g/mol. The lowest BCUT2D eigenvalue weighted by atomic mass is 9.96. The molecule has 1 heterocycles. The van der Waals surface area contributed by atoms with Crippen LogP contribution in [0, 0.1) is 6.92 Å². The molecule has 1 aromatic heterocycles. The summed E-state index contributed by atoms with van der Waals surface area (Å²) in [5.74, 6) is 0. The fourth-order valence-electron chi connectivity index (χ4n) is 2.38. The van der Waals surface area contributed by atoms with Gasteiger partial charge in [0.15, 0.2) is 0 Å². The fourth-order valence-corrected chi connectivity index (χ4v) is 3.65. The van der Waals surface area contributed by atoms with Crippen molar-refractivity contribution in [2.24, 2.45) is 0 Å². The number of aryl methyl sites for hydroxylation is 3. The number of fused-ring (bicyclic) bond motifs is 3. The van der Waals surface area contributed by atoms with Crippen LogP contribution in [0.2, 0.25) is 0 Å². The van der Waals surface area contributed by atoms with E-state index in [1.165, 1.54) is 41.3 Å². The van der Waals surface area contributed by atoms with Crippen molar-refractivity contribution < 1.29 is 0 Å². The number of thiophene rings is 1. The predicted octanol–water partition coefficient (Wildman–Crippen LogP) is 4.09. The van der Waals surface area contributed by atoms with Gasteiger partial charge >= 0.3 is 0 Å². The van der Waals surface area contributed by atoms with E-state index in [4.69, 9.17) is 0 Å². The van der Waals surface area contributed by atoms with Gasteiger partial charge in [-0.05, 0) is 49.6 Å². The summed E-state index contributed by atoms with van der Waals surface area (Å²) >= 11 is 2.01. The average Bonchev–Trinajstić information content (AvgIpc) is 2.56. The molecular formula is C13H14S. The highest BCUT2D eigenvalue weighted by Gasteiger charge is 2.15. The number of hydrogen-bond donors (Lipinski definition) is 0. The Balaban J connectivity index is 2.32. The first kappa shape index (κ1) is 8.49. The van der Waals surface area contributed by atoms with Crippen molar-refractivity contribution in [1.82, 2.24) is 0 Å². The molecule has 0 N–H and O–H groups in total. The molecule has 0 fully saturated rings. The molecule has 0 nitrogen and oxygen atoms in total. The summed E-state index contributed by atoms with van der Waals surface area (Å²) in [5.41, 5.74) is 3.05. The Labute approximate surface area is 88.6 Å². The quantitative estimate of drug-likeness (QED) is 0.603. The van der Waals surface area contributed by atoms with E-state index in [0.717, 1.165) is 0 Å². The maximum Gasteiger partial charge on any atom is 0.0348 e. The standard InChI is InChI=1S/C13H14S/c1-9-6-7-13-11(8-9)10-4-2-3-5-12(10)14-13/h6-8H,2-5H2,1H3. The molecule has 0 atom stereocenters. The molecule has 0 saturated heterocycles. The van der Waals surface area contributed by atoms with Gasteiger partial charge in [0.05, 0.1) is 0 Å². The molecule has 72 valence electrons. The summed E-state index contributed by atoms with van der Waals surface area (Å²) in [6.07, 6.45) is 5.39. The fraction of sp³-hybridized carbons (Fsp3) is 0.385. The van der Waals surface area contributed by atoms with Crippen molar-refractivity contribution in [2.75, 3.05) is 0 Å². The predicted molar refractivity (Wildman–Crippen MR) is 63.2 cm³/mol. The topological polar surface area (TPSA) is 0 Å². The van der Waals surface area contributed by atoms with Crippen LogP contribution in [-0.2, 0) is 12.8 Å². The highest BCUT2D eigenvalue weighted by molar-refractivity contribution is 7.19. The first-order chi connectivity index (χ1) is 6.84. The second kappa shape index (κ2) is 3.09. The molecule has 3 rings (SSSR count). The second-order valence-electron chi connectivity index (χ2n) is 4.21. The third-order valence-electron chi connectivity index (χ3n) is 3.11. The lowest BCUT2D eigenvalue weighted by Crippen LogP contribution is -1.97. The molecule has 2 aromatic rings. The van der Waals surface area contributed by atoms with Gasteiger partial charge in [0.2, 0.25) is 0 Å². The second-order valence-corrected chi connectivity index (χ2v) is 5.35. The Bertz CT molecular complexity index is 479. The highest BCUT2D eigenvalue weighted by Crippen LogP contribution is 2.36. The summed E-state index contributed by atoms with van der Waals surface area (Å²) in [6, 6.07) is 6.87. The number of hydrogen-bond acceptors (Lipinski definition) is 1. The van der Waals surface area contributed by atoms with Crippen molar-refractivity contribution >= 4 is 21.4 Å². The van der Waals surface area contributed by atoms with Crippen LogP contribution in [0.1, 0.15) is 28.8 Å². The van der Waals surface area contributed by atoms with Crippen LogP contribution in [-0.4, -0.2) is 0 Å². The SMILES string of the molecule is Cc1ccc2sc3c(c2c1)CCCC3. The van der Waals surface area contributed by atoms with E-state index in [-0.39, 0.29) is 0 Å². The Morgan fingerprint density at radius 1 is 1.14 bits per heavy atom. The van der Waals surface area contributed by atoms with Gasteiger partial charge in [-0.2, -0.15) is 0 Å². The van der Waals surface area contributed by atoms with Crippen LogP contribution < -0.4 is 0 Å². The molecule has 1 heteroatoms. The highest BCUT2D eigenvalue weighted by atomic mass is 32.1. The summed E-state index contributed by atoms with van der Waals surface area (Å²) in [6.45, 7) is 2.19. The molecule has 14 heavy (non-hydrogen) atoms. The smallest absolute Gasteiger partial charge is 0.0348 e. The molecule has 0 radical (unpaired) electrons. The summed E-state index contributed by atoms with van der Waals surface area (Å²) in [5, 5.41) is 1.53. The Hall–Kier alpha value is -0.820. The van der Waals surface area contributed by atoms with E-state index in [1.807, 2.05) is 11.3 Å². The average molecular weight is 202 g/mol. The van der Waals surface area contributed by atoms with Gasteiger partial charge in [0.1, 0.15) is 0 Å². The lowest BCUT2D eigenvalue weighted by molar-refractivity contribution is 0.700. The van der Waals surface area contributed by atoms with Crippen LogP contribution in [0.25, 0.3) is 10.1 Å². The van der Waals surface area contributed by atoms with Gasteiger partial charge in [-0.3, -0.25) is 0 Å². The van der Waals surface area contributed by atoms with Crippen LogP contribution in [0.3, 0.4) is 0 Å². The van der Waals surface area contributed by atoms with Crippen LogP contribution >= 0.6 is 11.3 Å². The Morgan fingerprint density at radius 2 is 2.00 bits per heavy atom. The van der Waals surface area contributed by atoms with E-state index in [0.29, 0.717) is 0 Å². The van der Waals surface area contributed by atoms with Gasteiger partial charge in [-0.25, -0.2) is 0 Å². The van der Waals surface area contributed by atoms with E-state index in [1.54, 1.807) is 10.4 Å². The minimum Gasteiger partial charge on any atom is -0.140 e. The monoisotopic (exact) mass is 202 g/mol. The van der Waals surface area contributed by atoms with E-state index < -0.39 is 0 Å². The first-order valence-corrected chi connectivity index (χ1v) is 6.17. The van der Waals surface area contributed by atoms with E-state index in [2.05, 4.69) is 25.1 Å². The molecule has 0 aliphatic heterocycles. The molecule has 1 aromatic carbocycles. The summed E-state index contributed by atoms with van der Waals surface area (Å²) in [4.78, 5) is 1.65. The van der Waals surface area contributed by atoms with Crippen LogP contribution in [0.5, 0.6) is 0 Å². The van der Waals surface area contributed by atoms with Crippen molar-refractivity contribution in [3.05, 3.63) is 34.2 Å². The summed E-state index contributed by atoms with van der Waals surface area (Å²) < 4.78 is 1.49. The van der Waals surface area contributed by atoms with Gasteiger partial charge in [0.25, 0.3) is 0 Å². The molecule has 1 aliphatic carbocycles. The molecule has 1 aliphatic rings. The zero-order valence-corrected chi connectivity index (χ0v) is 9.29.